The zero-order chi connectivity index (χ0) is 15.7. The fraction of sp³-hybridized carbons (Fsp3) is 0.533. The number of benzene rings is 1. The number of ether oxygens (including phenoxy) is 3. The maximum absolute atomic E-state index is 13.3. The number of ketones is 1. The van der Waals surface area contributed by atoms with Crippen LogP contribution in [-0.2, 0) is 9.47 Å². The van der Waals surface area contributed by atoms with Gasteiger partial charge in [0.2, 0.25) is 0 Å². The van der Waals surface area contributed by atoms with Gasteiger partial charge in [-0.05, 0) is 18.2 Å². The summed E-state index contributed by atoms with van der Waals surface area (Å²) in [5.74, 6) is -0.280. The molecule has 0 unspecified atom stereocenters. The molecule has 1 rings (SSSR count). The summed E-state index contributed by atoms with van der Waals surface area (Å²) in [6.07, 6.45) is 0. The second-order valence-corrected chi connectivity index (χ2v) is 4.53. The largest absolute Gasteiger partial charge is 0.496 e. The van der Waals surface area contributed by atoms with Crippen molar-refractivity contribution >= 4 is 5.78 Å². The third kappa shape index (κ3) is 5.79. The third-order valence-corrected chi connectivity index (χ3v) is 3.05. The van der Waals surface area contributed by atoms with Crippen molar-refractivity contribution in [3.05, 3.63) is 29.6 Å². The van der Waals surface area contributed by atoms with E-state index in [0.717, 1.165) is 0 Å². The lowest BCUT2D eigenvalue weighted by molar-refractivity contribution is 0.0834. The summed E-state index contributed by atoms with van der Waals surface area (Å²) in [5, 5.41) is 0. The molecule has 0 atom stereocenters. The van der Waals surface area contributed by atoms with Gasteiger partial charge in [-0.15, -0.1) is 0 Å². The Kier molecular flexibility index (Phi) is 7.89. The van der Waals surface area contributed by atoms with Crippen molar-refractivity contribution in [1.82, 2.24) is 4.90 Å². The van der Waals surface area contributed by atoms with Crippen molar-refractivity contribution in [3.63, 3.8) is 0 Å². The first-order valence-corrected chi connectivity index (χ1v) is 6.69. The van der Waals surface area contributed by atoms with Crippen LogP contribution in [0.25, 0.3) is 0 Å². The molecule has 6 heteroatoms. The Morgan fingerprint density at radius 1 is 1.14 bits per heavy atom. The van der Waals surface area contributed by atoms with E-state index in [4.69, 9.17) is 14.2 Å². The highest BCUT2D eigenvalue weighted by atomic mass is 19.1. The van der Waals surface area contributed by atoms with Gasteiger partial charge in [0.15, 0.2) is 5.78 Å². The van der Waals surface area contributed by atoms with Gasteiger partial charge in [-0.1, -0.05) is 0 Å². The number of rotatable bonds is 10. The van der Waals surface area contributed by atoms with Crippen molar-refractivity contribution in [2.45, 2.75) is 0 Å². The molecule has 0 aliphatic rings. The van der Waals surface area contributed by atoms with Gasteiger partial charge in [-0.3, -0.25) is 9.69 Å². The standard InChI is InChI=1S/C15H22FNO4/c1-19-8-6-17(7-9-20-2)11-14(18)13-10-12(16)4-5-15(13)21-3/h4-5,10H,6-9,11H2,1-3H3. The van der Waals surface area contributed by atoms with Crippen LogP contribution in [0.15, 0.2) is 18.2 Å². The average molecular weight is 299 g/mol. The van der Waals surface area contributed by atoms with Crippen molar-refractivity contribution in [3.8, 4) is 5.75 Å². The van der Waals surface area contributed by atoms with E-state index in [2.05, 4.69) is 0 Å². The normalized spacial score (nSPS) is 10.9. The molecule has 0 radical (unpaired) electrons. The van der Waals surface area contributed by atoms with Gasteiger partial charge in [-0.2, -0.15) is 0 Å². The van der Waals surface area contributed by atoms with Crippen LogP contribution < -0.4 is 4.74 Å². The van der Waals surface area contributed by atoms with E-state index in [9.17, 15) is 9.18 Å². The summed E-state index contributed by atoms with van der Waals surface area (Å²) < 4.78 is 28.5. The molecular weight excluding hydrogens is 277 g/mol. The van der Waals surface area contributed by atoms with Crippen LogP contribution in [0.4, 0.5) is 4.39 Å². The molecule has 0 amide bonds. The topological polar surface area (TPSA) is 48.0 Å². The molecule has 0 fully saturated rings. The Morgan fingerprint density at radius 3 is 2.29 bits per heavy atom. The van der Waals surface area contributed by atoms with Crippen LogP contribution in [-0.4, -0.2) is 64.9 Å². The first kappa shape index (κ1) is 17.6. The number of hydrogen-bond acceptors (Lipinski definition) is 5. The highest BCUT2D eigenvalue weighted by Gasteiger charge is 2.17. The van der Waals surface area contributed by atoms with Gasteiger partial charge in [0.05, 0.1) is 32.4 Å². The predicted molar refractivity (Wildman–Crippen MR) is 77.5 cm³/mol. The highest BCUT2D eigenvalue weighted by Crippen LogP contribution is 2.20. The minimum absolute atomic E-state index is 0.159. The fourth-order valence-corrected chi connectivity index (χ4v) is 1.90. The molecule has 1 aromatic carbocycles. The van der Waals surface area contributed by atoms with Crippen molar-refractivity contribution in [1.29, 1.82) is 0 Å². The van der Waals surface area contributed by atoms with Gasteiger partial charge in [0.1, 0.15) is 11.6 Å². The lowest BCUT2D eigenvalue weighted by atomic mass is 10.1. The number of carbonyl (C=O) groups is 1. The molecular formula is C15H22FNO4. The summed E-state index contributed by atoms with van der Waals surface area (Å²) in [7, 11) is 4.66. The van der Waals surface area contributed by atoms with Gasteiger partial charge >= 0.3 is 0 Å². The van der Waals surface area contributed by atoms with Crippen LogP contribution in [0.3, 0.4) is 0 Å². The lowest BCUT2D eigenvalue weighted by Crippen LogP contribution is -2.35. The molecule has 0 aromatic heterocycles. The molecule has 118 valence electrons. The summed E-state index contributed by atoms with van der Waals surface area (Å²) in [6, 6.07) is 3.92. The third-order valence-electron chi connectivity index (χ3n) is 3.05. The van der Waals surface area contributed by atoms with Crippen LogP contribution in [0.2, 0.25) is 0 Å². The van der Waals surface area contributed by atoms with E-state index in [1.54, 1.807) is 14.2 Å². The van der Waals surface area contributed by atoms with E-state index < -0.39 is 5.82 Å². The van der Waals surface area contributed by atoms with Gasteiger partial charge in [-0.25, -0.2) is 4.39 Å². The highest BCUT2D eigenvalue weighted by molar-refractivity contribution is 6.00. The van der Waals surface area contributed by atoms with Crippen LogP contribution in [0.5, 0.6) is 5.75 Å². The summed E-state index contributed by atoms with van der Waals surface area (Å²) in [4.78, 5) is 14.2. The Morgan fingerprint density at radius 2 is 1.76 bits per heavy atom. The van der Waals surface area contributed by atoms with E-state index >= 15 is 0 Å². The first-order chi connectivity index (χ1) is 10.1. The number of nitrogens with zero attached hydrogens (tertiary/aromatic N) is 1. The van der Waals surface area contributed by atoms with Gasteiger partial charge < -0.3 is 14.2 Å². The second kappa shape index (κ2) is 9.44. The average Bonchev–Trinajstić information content (AvgIpc) is 2.49. The van der Waals surface area contributed by atoms with Crippen LogP contribution in [0, 0.1) is 5.82 Å². The molecule has 0 saturated heterocycles. The molecule has 0 heterocycles. The first-order valence-electron chi connectivity index (χ1n) is 6.69. The van der Waals surface area contributed by atoms with E-state index in [0.29, 0.717) is 32.1 Å². The molecule has 5 nitrogen and oxygen atoms in total. The predicted octanol–water partition coefficient (Wildman–Crippen LogP) is 1.61. The van der Waals surface area contributed by atoms with E-state index in [1.807, 2.05) is 4.90 Å². The monoisotopic (exact) mass is 299 g/mol. The summed E-state index contributed by atoms with van der Waals surface area (Å²) in [6.45, 7) is 2.38. The van der Waals surface area contributed by atoms with E-state index in [-0.39, 0.29) is 17.9 Å². The fourth-order valence-electron chi connectivity index (χ4n) is 1.90. The minimum atomic E-state index is -0.459. The van der Waals surface area contributed by atoms with E-state index in [1.165, 1.54) is 25.3 Å². The smallest absolute Gasteiger partial charge is 0.180 e. The SMILES string of the molecule is COCCN(CCOC)CC(=O)c1cc(F)ccc1OC. The summed E-state index contributed by atoms with van der Waals surface area (Å²) >= 11 is 0. The molecule has 21 heavy (non-hydrogen) atoms. The molecule has 0 aliphatic heterocycles. The van der Waals surface area contributed by atoms with Crippen molar-refractivity contribution in [2.75, 3.05) is 54.2 Å². The molecule has 1 aromatic rings. The number of Topliss-reactive ketones (excluding diaryl/α,β-unsaturated/α-hetero) is 1. The molecule has 0 spiro atoms. The zero-order valence-corrected chi connectivity index (χ0v) is 12.7. The van der Waals surface area contributed by atoms with Gasteiger partial charge in [0, 0.05) is 27.3 Å². The number of methoxy groups -OCH3 is 3. The Balaban J connectivity index is 2.77. The van der Waals surface area contributed by atoms with Crippen molar-refractivity contribution in [2.24, 2.45) is 0 Å². The Bertz CT molecular complexity index is 445. The number of carbonyl (C=O) groups excluding carboxylic acids is 1. The lowest BCUT2D eigenvalue weighted by Gasteiger charge is -2.21. The second-order valence-electron chi connectivity index (χ2n) is 4.53. The number of halogens is 1. The van der Waals surface area contributed by atoms with Crippen LogP contribution >= 0.6 is 0 Å². The maximum atomic E-state index is 13.3. The Labute approximate surface area is 124 Å². The molecule has 0 saturated carbocycles. The quantitative estimate of drug-likeness (QED) is 0.614. The summed E-state index contributed by atoms with van der Waals surface area (Å²) in [5.41, 5.74) is 0.248. The Hall–Kier alpha value is -1.50. The number of hydrogen-bond donors (Lipinski definition) is 0. The zero-order valence-electron chi connectivity index (χ0n) is 12.7. The van der Waals surface area contributed by atoms with Crippen molar-refractivity contribution < 1.29 is 23.4 Å². The van der Waals surface area contributed by atoms with Gasteiger partial charge in [0.25, 0.3) is 0 Å². The van der Waals surface area contributed by atoms with Crippen LogP contribution in [0.1, 0.15) is 10.4 Å². The maximum Gasteiger partial charge on any atom is 0.180 e. The molecule has 0 N–H and O–H groups in total. The minimum Gasteiger partial charge on any atom is -0.496 e. The molecule has 0 bridgehead atoms. The molecule has 0 aliphatic carbocycles.